The predicted molar refractivity (Wildman–Crippen MR) is 48.9 cm³/mol. The monoisotopic (exact) mass is 151 g/mol. The number of allylic oxidation sites excluding steroid dienone is 3. The molecule has 0 heterocycles. The summed E-state index contributed by atoms with van der Waals surface area (Å²) in [5.41, 5.74) is 5.36. The van der Waals surface area contributed by atoms with E-state index >= 15 is 0 Å². The molecule has 0 spiro atoms. The van der Waals surface area contributed by atoms with Crippen LogP contribution in [0.3, 0.4) is 0 Å². The lowest BCUT2D eigenvalue weighted by atomic mass is 9.78. The van der Waals surface area contributed by atoms with Gasteiger partial charge in [-0.15, -0.1) is 0 Å². The van der Waals surface area contributed by atoms with Gasteiger partial charge in [-0.3, -0.25) is 0 Å². The molecule has 1 rings (SSSR count). The second kappa shape index (κ2) is 3.61. The third kappa shape index (κ3) is 1.86. The van der Waals surface area contributed by atoms with E-state index in [2.05, 4.69) is 32.1 Å². The van der Waals surface area contributed by atoms with Crippen molar-refractivity contribution in [2.24, 2.45) is 23.5 Å². The SMILES string of the molecule is CC1C=CCC(/C=C\N)C1C. The Balaban J connectivity index is 2.62. The van der Waals surface area contributed by atoms with Gasteiger partial charge in [0.05, 0.1) is 0 Å². The summed E-state index contributed by atoms with van der Waals surface area (Å²) in [7, 11) is 0. The minimum absolute atomic E-state index is 0.653. The van der Waals surface area contributed by atoms with E-state index in [0.717, 1.165) is 12.3 Å². The molecule has 2 N–H and O–H groups in total. The zero-order chi connectivity index (χ0) is 8.27. The van der Waals surface area contributed by atoms with Gasteiger partial charge in [-0.1, -0.05) is 32.1 Å². The van der Waals surface area contributed by atoms with Gasteiger partial charge in [-0.05, 0) is 30.4 Å². The van der Waals surface area contributed by atoms with Crippen molar-refractivity contribution in [3.05, 3.63) is 24.4 Å². The van der Waals surface area contributed by atoms with Crippen molar-refractivity contribution < 1.29 is 0 Å². The zero-order valence-corrected chi connectivity index (χ0v) is 7.33. The first kappa shape index (κ1) is 8.38. The highest BCUT2D eigenvalue weighted by atomic mass is 14.5. The molecule has 0 aliphatic heterocycles. The number of hydrogen-bond acceptors (Lipinski definition) is 1. The molecule has 3 atom stereocenters. The second-order valence-corrected chi connectivity index (χ2v) is 3.43. The molecule has 0 aromatic rings. The van der Waals surface area contributed by atoms with Gasteiger partial charge >= 0.3 is 0 Å². The molecule has 1 aliphatic carbocycles. The summed E-state index contributed by atoms with van der Waals surface area (Å²) in [6.07, 6.45) is 9.50. The molecule has 11 heavy (non-hydrogen) atoms. The van der Waals surface area contributed by atoms with Gasteiger partial charge in [-0.25, -0.2) is 0 Å². The molecular formula is C10H17N. The maximum atomic E-state index is 5.36. The summed E-state index contributed by atoms with van der Waals surface area (Å²) in [6, 6.07) is 0. The Morgan fingerprint density at radius 3 is 2.82 bits per heavy atom. The molecular weight excluding hydrogens is 134 g/mol. The summed E-state index contributed by atoms with van der Waals surface area (Å²) >= 11 is 0. The molecule has 0 amide bonds. The van der Waals surface area contributed by atoms with Crippen molar-refractivity contribution in [1.82, 2.24) is 0 Å². The lowest BCUT2D eigenvalue weighted by Gasteiger charge is -2.27. The zero-order valence-electron chi connectivity index (χ0n) is 7.33. The topological polar surface area (TPSA) is 26.0 Å². The molecule has 0 saturated carbocycles. The number of rotatable bonds is 1. The quantitative estimate of drug-likeness (QED) is 0.572. The third-order valence-electron chi connectivity index (χ3n) is 2.71. The molecule has 1 heteroatoms. The largest absolute Gasteiger partial charge is 0.405 e. The summed E-state index contributed by atoms with van der Waals surface area (Å²) in [5.74, 6) is 2.09. The van der Waals surface area contributed by atoms with Gasteiger partial charge in [0.1, 0.15) is 0 Å². The van der Waals surface area contributed by atoms with Crippen LogP contribution in [0, 0.1) is 17.8 Å². The smallest absolute Gasteiger partial charge is 0.01000 e. The molecule has 62 valence electrons. The molecule has 0 radical (unpaired) electrons. The first-order valence-corrected chi connectivity index (χ1v) is 4.30. The van der Waals surface area contributed by atoms with E-state index in [9.17, 15) is 0 Å². The van der Waals surface area contributed by atoms with Crippen LogP contribution in [0.2, 0.25) is 0 Å². The van der Waals surface area contributed by atoms with E-state index in [1.54, 1.807) is 6.20 Å². The summed E-state index contributed by atoms with van der Waals surface area (Å²) < 4.78 is 0. The number of nitrogens with two attached hydrogens (primary N) is 1. The number of hydrogen-bond donors (Lipinski definition) is 1. The lowest BCUT2D eigenvalue weighted by molar-refractivity contribution is 0.335. The van der Waals surface area contributed by atoms with Crippen molar-refractivity contribution in [2.75, 3.05) is 0 Å². The van der Waals surface area contributed by atoms with Crippen LogP contribution < -0.4 is 5.73 Å². The van der Waals surface area contributed by atoms with E-state index < -0.39 is 0 Å². The van der Waals surface area contributed by atoms with Crippen LogP contribution in [0.1, 0.15) is 20.3 Å². The average molecular weight is 151 g/mol. The third-order valence-corrected chi connectivity index (χ3v) is 2.71. The lowest BCUT2D eigenvalue weighted by Crippen LogP contribution is -2.19. The van der Waals surface area contributed by atoms with Crippen molar-refractivity contribution >= 4 is 0 Å². The molecule has 0 bridgehead atoms. The Bertz CT molecular complexity index is 170. The van der Waals surface area contributed by atoms with Crippen molar-refractivity contribution in [3.63, 3.8) is 0 Å². The van der Waals surface area contributed by atoms with E-state index in [0.29, 0.717) is 11.8 Å². The van der Waals surface area contributed by atoms with E-state index in [1.807, 2.05) is 0 Å². The maximum Gasteiger partial charge on any atom is -0.01000 e. The Labute approximate surface area is 69.0 Å². The van der Waals surface area contributed by atoms with Gasteiger partial charge in [0.15, 0.2) is 0 Å². The van der Waals surface area contributed by atoms with Gasteiger partial charge in [0, 0.05) is 0 Å². The average Bonchev–Trinajstić information content (AvgIpc) is 1.99. The van der Waals surface area contributed by atoms with Crippen LogP contribution in [0.15, 0.2) is 24.4 Å². The highest BCUT2D eigenvalue weighted by Gasteiger charge is 2.20. The van der Waals surface area contributed by atoms with Crippen molar-refractivity contribution in [2.45, 2.75) is 20.3 Å². The van der Waals surface area contributed by atoms with Gasteiger partial charge in [-0.2, -0.15) is 0 Å². The van der Waals surface area contributed by atoms with Gasteiger partial charge < -0.3 is 5.73 Å². The maximum absolute atomic E-state index is 5.36. The van der Waals surface area contributed by atoms with Gasteiger partial charge in [0.2, 0.25) is 0 Å². The standard InChI is InChI=1S/C10H17N/c1-8-4-3-5-10(6-7-11)9(8)2/h3-4,6-10H,5,11H2,1-2H3/b7-6-. The predicted octanol–water partition coefficient (Wildman–Crippen LogP) is 2.31. The van der Waals surface area contributed by atoms with E-state index in [4.69, 9.17) is 5.73 Å². The summed E-state index contributed by atoms with van der Waals surface area (Å²) in [6.45, 7) is 4.55. The molecule has 0 saturated heterocycles. The normalized spacial score (nSPS) is 38.2. The molecule has 0 aromatic heterocycles. The Kier molecular flexibility index (Phi) is 2.75. The van der Waals surface area contributed by atoms with Crippen LogP contribution in [-0.4, -0.2) is 0 Å². The fraction of sp³-hybridized carbons (Fsp3) is 0.600. The Morgan fingerprint density at radius 2 is 2.18 bits per heavy atom. The molecule has 3 unspecified atom stereocenters. The van der Waals surface area contributed by atoms with Crippen molar-refractivity contribution in [3.8, 4) is 0 Å². The molecule has 0 fully saturated rings. The molecule has 1 aliphatic rings. The Hall–Kier alpha value is -0.720. The minimum atomic E-state index is 0.653. The summed E-state index contributed by atoms with van der Waals surface area (Å²) in [4.78, 5) is 0. The van der Waals surface area contributed by atoms with E-state index in [-0.39, 0.29) is 0 Å². The summed E-state index contributed by atoms with van der Waals surface area (Å²) in [5, 5.41) is 0. The second-order valence-electron chi connectivity index (χ2n) is 3.43. The minimum Gasteiger partial charge on any atom is -0.405 e. The fourth-order valence-electron chi connectivity index (χ4n) is 1.63. The highest BCUT2D eigenvalue weighted by molar-refractivity contribution is 5.03. The first-order valence-electron chi connectivity index (χ1n) is 4.30. The molecule has 0 aromatic carbocycles. The molecule has 1 nitrogen and oxygen atoms in total. The van der Waals surface area contributed by atoms with Crippen LogP contribution in [-0.2, 0) is 0 Å². The fourth-order valence-corrected chi connectivity index (χ4v) is 1.63. The van der Waals surface area contributed by atoms with E-state index in [1.165, 1.54) is 0 Å². The van der Waals surface area contributed by atoms with Crippen LogP contribution in [0.4, 0.5) is 0 Å². The first-order chi connectivity index (χ1) is 5.25. The van der Waals surface area contributed by atoms with Crippen molar-refractivity contribution in [1.29, 1.82) is 0 Å². The van der Waals surface area contributed by atoms with Gasteiger partial charge in [0.25, 0.3) is 0 Å². The van der Waals surface area contributed by atoms with Crippen LogP contribution in [0.25, 0.3) is 0 Å². The Morgan fingerprint density at radius 1 is 1.45 bits per heavy atom. The van der Waals surface area contributed by atoms with Crippen LogP contribution >= 0.6 is 0 Å². The highest BCUT2D eigenvalue weighted by Crippen LogP contribution is 2.30. The van der Waals surface area contributed by atoms with Crippen LogP contribution in [0.5, 0.6) is 0 Å².